The maximum absolute atomic E-state index is 13.0. The van der Waals surface area contributed by atoms with Crippen molar-refractivity contribution in [3.05, 3.63) is 65.7 Å². The SMILES string of the molecule is CC(C)[C@@H](NC(=O)c1ccc(F)cc1)C(=O)OCCCc1cccnc1. The van der Waals surface area contributed by atoms with Gasteiger partial charge in [0.15, 0.2) is 0 Å². The largest absolute Gasteiger partial charge is 0.464 e. The van der Waals surface area contributed by atoms with Gasteiger partial charge in [-0.25, -0.2) is 9.18 Å². The summed E-state index contributed by atoms with van der Waals surface area (Å²) in [5.74, 6) is -1.46. The third kappa shape index (κ3) is 5.95. The van der Waals surface area contributed by atoms with E-state index in [4.69, 9.17) is 4.74 Å². The fourth-order valence-corrected chi connectivity index (χ4v) is 2.41. The van der Waals surface area contributed by atoms with E-state index in [-0.39, 0.29) is 12.5 Å². The summed E-state index contributed by atoms with van der Waals surface area (Å²) >= 11 is 0. The number of aryl methyl sites for hydroxylation is 1. The lowest BCUT2D eigenvalue weighted by atomic mass is 10.0. The van der Waals surface area contributed by atoms with E-state index in [0.29, 0.717) is 12.0 Å². The Hall–Kier alpha value is -2.76. The summed E-state index contributed by atoms with van der Waals surface area (Å²) in [5, 5.41) is 2.66. The molecule has 6 heteroatoms. The van der Waals surface area contributed by atoms with Gasteiger partial charge in [-0.2, -0.15) is 0 Å². The van der Waals surface area contributed by atoms with Crippen molar-refractivity contribution in [2.24, 2.45) is 5.92 Å². The average molecular weight is 358 g/mol. The number of halogens is 1. The summed E-state index contributed by atoms with van der Waals surface area (Å²) in [6, 6.07) is 8.23. The zero-order valence-corrected chi connectivity index (χ0v) is 14.9. The standard InChI is InChI=1S/C20H23FN2O3/c1-14(2)18(23-19(24)16-7-9-17(21)10-8-16)20(25)26-12-4-6-15-5-3-11-22-13-15/h3,5,7-11,13-14,18H,4,6,12H2,1-2H3,(H,23,24)/t18-/m1/s1. The average Bonchev–Trinajstić information content (AvgIpc) is 2.64. The normalized spacial score (nSPS) is 11.8. The van der Waals surface area contributed by atoms with Gasteiger partial charge in [-0.15, -0.1) is 0 Å². The molecule has 1 heterocycles. The molecule has 1 aromatic heterocycles. The van der Waals surface area contributed by atoms with Gasteiger partial charge in [-0.05, 0) is 54.7 Å². The summed E-state index contributed by atoms with van der Waals surface area (Å²) in [5.41, 5.74) is 1.37. The van der Waals surface area contributed by atoms with Gasteiger partial charge in [-0.1, -0.05) is 19.9 Å². The Balaban J connectivity index is 1.84. The van der Waals surface area contributed by atoms with Gasteiger partial charge in [0.1, 0.15) is 11.9 Å². The number of ether oxygens (including phenoxy) is 1. The molecule has 5 nitrogen and oxygen atoms in total. The molecule has 0 saturated heterocycles. The first-order chi connectivity index (χ1) is 12.5. The van der Waals surface area contributed by atoms with Crippen molar-refractivity contribution in [3.8, 4) is 0 Å². The van der Waals surface area contributed by atoms with Crippen LogP contribution in [0.25, 0.3) is 0 Å². The minimum Gasteiger partial charge on any atom is -0.464 e. The Morgan fingerprint density at radius 1 is 1.19 bits per heavy atom. The van der Waals surface area contributed by atoms with Gasteiger partial charge in [0.2, 0.25) is 0 Å². The van der Waals surface area contributed by atoms with Crippen molar-refractivity contribution >= 4 is 11.9 Å². The van der Waals surface area contributed by atoms with Crippen molar-refractivity contribution < 1.29 is 18.7 Å². The molecule has 0 aliphatic carbocycles. The van der Waals surface area contributed by atoms with Gasteiger partial charge in [0.25, 0.3) is 5.91 Å². The number of amides is 1. The van der Waals surface area contributed by atoms with Crippen LogP contribution in [0.15, 0.2) is 48.8 Å². The molecule has 1 aromatic carbocycles. The van der Waals surface area contributed by atoms with Crippen LogP contribution in [0.4, 0.5) is 4.39 Å². The van der Waals surface area contributed by atoms with Crippen LogP contribution in [0.1, 0.15) is 36.2 Å². The van der Waals surface area contributed by atoms with Crippen LogP contribution in [-0.4, -0.2) is 29.5 Å². The van der Waals surface area contributed by atoms with Crippen molar-refractivity contribution in [1.29, 1.82) is 0 Å². The van der Waals surface area contributed by atoms with E-state index in [1.807, 2.05) is 26.0 Å². The predicted molar refractivity (Wildman–Crippen MR) is 96.0 cm³/mol. The molecule has 0 aliphatic rings. The van der Waals surface area contributed by atoms with Gasteiger partial charge in [-0.3, -0.25) is 9.78 Å². The first-order valence-electron chi connectivity index (χ1n) is 8.59. The van der Waals surface area contributed by atoms with E-state index in [2.05, 4.69) is 10.3 Å². The highest BCUT2D eigenvalue weighted by Gasteiger charge is 2.26. The molecule has 26 heavy (non-hydrogen) atoms. The minimum absolute atomic E-state index is 0.134. The third-order valence-electron chi connectivity index (χ3n) is 3.89. The lowest BCUT2D eigenvalue weighted by Gasteiger charge is -2.21. The molecular weight excluding hydrogens is 335 g/mol. The Bertz CT molecular complexity index is 718. The smallest absolute Gasteiger partial charge is 0.328 e. The van der Waals surface area contributed by atoms with Crippen LogP contribution in [0.3, 0.4) is 0 Å². The van der Waals surface area contributed by atoms with E-state index < -0.39 is 23.7 Å². The lowest BCUT2D eigenvalue weighted by molar-refractivity contribution is -0.147. The molecule has 0 bridgehead atoms. The number of hydrogen-bond donors (Lipinski definition) is 1. The fourth-order valence-electron chi connectivity index (χ4n) is 2.41. The molecule has 138 valence electrons. The fraction of sp³-hybridized carbons (Fsp3) is 0.350. The van der Waals surface area contributed by atoms with Crippen LogP contribution in [0.5, 0.6) is 0 Å². The van der Waals surface area contributed by atoms with Crippen molar-refractivity contribution in [2.45, 2.75) is 32.7 Å². The Kier molecular flexibility index (Phi) is 7.26. The highest BCUT2D eigenvalue weighted by atomic mass is 19.1. The van der Waals surface area contributed by atoms with Crippen molar-refractivity contribution in [2.75, 3.05) is 6.61 Å². The van der Waals surface area contributed by atoms with E-state index >= 15 is 0 Å². The van der Waals surface area contributed by atoms with Gasteiger partial charge >= 0.3 is 5.97 Å². The molecule has 0 unspecified atom stereocenters. The first-order valence-corrected chi connectivity index (χ1v) is 8.59. The van der Waals surface area contributed by atoms with E-state index in [9.17, 15) is 14.0 Å². The number of hydrogen-bond acceptors (Lipinski definition) is 4. The molecule has 0 radical (unpaired) electrons. The Labute approximate surface area is 152 Å². The summed E-state index contributed by atoms with van der Waals surface area (Å²) in [6.07, 6.45) is 4.92. The molecule has 0 saturated carbocycles. The predicted octanol–water partition coefficient (Wildman–Crippen LogP) is 3.15. The number of aromatic nitrogens is 1. The number of carbonyl (C=O) groups excluding carboxylic acids is 2. The highest BCUT2D eigenvalue weighted by Crippen LogP contribution is 2.09. The number of rotatable bonds is 8. The number of esters is 1. The van der Waals surface area contributed by atoms with Crippen LogP contribution < -0.4 is 5.32 Å². The number of pyridine rings is 1. The van der Waals surface area contributed by atoms with E-state index in [1.54, 1.807) is 12.4 Å². The van der Waals surface area contributed by atoms with Crippen LogP contribution in [0, 0.1) is 11.7 Å². The molecule has 2 rings (SSSR count). The third-order valence-corrected chi connectivity index (χ3v) is 3.89. The van der Waals surface area contributed by atoms with Crippen molar-refractivity contribution in [1.82, 2.24) is 10.3 Å². The van der Waals surface area contributed by atoms with Crippen molar-refractivity contribution in [3.63, 3.8) is 0 Å². The number of carbonyl (C=O) groups is 2. The van der Waals surface area contributed by atoms with Crippen LogP contribution in [0.2, 0.25) is 0 Å². The molecule has 1 atom stereocenters. The quantitative estimate of drug-likeness (QED) is 0.581. The Morgan fingerprint density at radius 3 is 2.54 bits per heavy atom. The summed E-state index contributed by atoms with van der Waals surface area (Å²) in [4.78, 5) is 28.6. The first kappa shape index (κ1) is 19.6. The maximum Gasteiger partial charge on any atom is 0.328 e. The van der Waals surface area contributed by atoms with E-state index in [0.717, 1.165) is 12.0 Å². The molecule has 1 N–H and O–H groups in total. The summed E-state index contributed by atoms with van der Waals surface area (Å²) in [6.45, 7) is 3.92. The topological polar surface area (TPSA) is 68.3 Å². The second kappa shape index (κ2) is 9.65. The summed E-state index contributed by atoms with van der Waals surface area (Å²) < 4.78 is 18.3. The lowest BCUT2D eigenvalue weighted by Crippen LogP contribution is -2.45. The molecule has 2 aromatic rings. The van der Waals surface area contributed by atoms with Gasteiger partial charge in [0, 0.05) is 18.0 Å². The monoisotopic (exact) mass is 358 g/mol. The number of nitrogens with zero attached hydrogens (tertiary/aromatic N) is 1. The van der Waals surface area contributed by atoms with Gasteiger partial charge in [0.05, 0.1) is 6.61 Å². The Morgan fingerprint density at radius 2 is 1.92 bits per heavy atom. The van der Waals surface area contributed by atoms with Crippen LogP contribution >= 0.6 is 0 Å². The second-order valence-corrected chi connectivity index (χ2v) is 6.33. The molecular formula is C20H23FN2O3. The second-order valence-electron chi connectivity index (χ2n) is 6.33. The molecule has 0 spiro atoms. The van der Waals surface area contributed by atoms with Gasteiger partial charge < -0.3 is 10.1 Å². The molecule has 0 aliphatic heterocycles. The summed E-state index contributed by atoms with van der Waals surface area (Å²) in [7, 11) is 0. The van der Waals surface area contributed by atoms with Crippen LogP contribution in [-0.2, 0) is 16.0 Å². The molecule has 0 fully saturated rings. The maximum atomic E-state index is 13.0. The highest BCUT2D eigenvalue weighted by molar-refractivity contribution is 5.96. The van der Waals surface area contributed by atoms with E-state index in [1.165, 1.54) is 24.3 Å². The minimum atomic E-state index is -0.758. The molecule has 1 amide bonds. The zero-order chi connectivity index (χ0) is 18.9. The number of benzene rings is 1. The zero-order valence-electron chi connectivity index (χ0n) is 14.9. The number of nitrogens with one attached hydrogen (secondary N) is 1.